The van der Waals surface area contributed by atoms with Gasteiger partial charge in [-0.05, 0) is 61.4 Å². The van der Waals surface area contributed by atoms with Crippen LogP contribution < -0.4 is 4.74 Å². The highest BCUT2D eigenvalue weighted by Gasteiger charge is 2.20. The van der Waals surface area contributed by atoms with E-state index in [1.54, 1.807) is 0 Å². The first-order valence-corrected chi connectivity index (χ1v) is 12.4. The van der Waals surface area contributed by atoms with Crippen molar-refractivity contribution in [2.75, 3.05) is 0 Å². The second kappa shape index (κ2) is 12.6. The minimum absolute atomic E-state index is 0.161. The number of hydrogen-bond acceptors (Lipinski definition) is 4. The standard InChI is InChI=1S/C27H38N2O2/c1-3-5-7-8-10-11-21-13-18-25-23(19-21)20-28-27(29-25)22-14-16-24(17-15-22)31-26(30)12-9-6-4-2/h14-17,20-21H,3-13,18-19H2,1-2H3. The number of aromatic nitrogens is 2. The molecule has 1 atom stereocenters. The van der Waals surface area contributed by atoms with Gasteiger partial charge in [0.15, 0.2) is 5.82 Å². The molecule has 1 aromatic carbocycles. The number of ether oxygens (including phenoxy) is 1. The number of aryl methyl sites for hydroxylation is 1. The first kappa shape index (κ1) is 23.4. The van der Waals surface area contributed by atoms with Gasteiger partial charge < -0.3 is 4.74 Å². The second-order valence-corrected chi connectivity index (χ2v) is 8.93. The Morgan fingerprint density at radius 3 is 2.52 bits per heavy atom. The molecule has 1 aromatic heterocycles. The Bertz CT molecular complexity index is 816. The molecule has 0 aliphatic heterocycles. The van der Waals surface area contributed by atoms with Gasteiger partial charge in [-0.25, -0.2) is 9.97 Å². The number of rotatable bonds is 12. The number of esters is 1. The highest BCUT2D eigenvalue weighted by molar-refractivity contribution is 5.72. The number of nitrogens with zero attached hydrogens (tertiary/aromatic N) is 2. The number of carbonyl (C=O) groups is 1. The number of unbranched alkanes of at least 4 members (excludes halogenated alkanes) is 6. The van der Waals surface area contributed by atoms with Crippen LogP contribution in [0, 0.1) is 5.92 Å². The van der Waals surface area contributed by atoms with Crippen molar-refractivity contribution >= 4 is 5.97 Å². The molecule has 4 heteroatoms. The van der Waals surface area contributed by atoms with Crippen LogP contribution in [-0.4, -0.2) is 15.9 Å². The quantitative estimate of drug-likeness (QED) is 0.208. The van der Waals surface area contributed by atoms with E-state index in [1.165, 1.54) is 56.2 Å². The maximum Gasteiger partial charge on any atom is 0.311 e. The zero-order valence-electron chi connectivity index (χ0n) is 19.4. The molecule has 31 heavy (non-hydrogen) atoms. The zero-order valence-corrected chi connectivity index (χ0v) is 19.4. The lowest BCUT2D eigenvalue weighted by Crippen LogP contribution is -2.16. The van der Waals surface area contributed by atoms with E-state index in [2.05, 4.69) is 18.8 Å². The molecule has 0 N–H and O–H groups in total. The van der Waals surface area contributed by atoms with Gasteiger partial charge in [-0.1, -0.05) is 65.2 Å². The summed E-state index contributed by atoms with van der Waals surface area (Å²) in [6.07, 6.45) is 17.1. The van der Waals surface area contributed by atoms with Crippen molar-refractivity contribution < 1.29 is 9.53 Å². The van der Waals surface area contributed by atoms with Gasteiger partial charge in [0.05, 0.1) is 0 Å². The minimum Gasteiger partial charge on any atom is -0.427 e. The van der Waals surface area contributed by atoms with Crippen LogP contribution in [0.1, 0.15) is 95.7 Å². The summed E-state index contributed by atoms with van der Waals surface area (Å²) in [5.41, 5.74) is 3.50. The summed E-state index contributed by atoms with van der Waals surface area (Å²) >= 11 is 0. The van der Waals surface area contributed by atoms with Crippen LogP contribution >= 0.6 is 0 Å². The van der Waals surface area contributed by atoms with Gasteiger partial charge in [-0.15, -0.1) is 0 Å². The van der Waals surface area contributed by atoms with E-state index in [0.717, 1.165) is 49.4 Å². The molecule has 1 heterocycles. The van der Waals surface area contributed by atoms with Crippen molar-refractivity contribution in [3.8, 4) is 17.1 Å². The van der Waals surface area contributed by atoms with Crippen molar-refractivity contribution in [2.24, 2.45) is 5.92 Å². The van der Waals surface area contributed by atoms with Crippen molar-refractivity contribution in [1.29, 1.82) is 0 Å². The first-order chi connectivity index (χ1) is 15.2. The molecule has 0 radical (unpaired) electrons. The van der Waals surface area contributed by atoms with Crippen LogP contribution in [0.25, 0.3) is 11.4 Å². The summed E-state index contributed by atoms with van der Waals surface area (Å²) in [5.74, 6) is 1.98. The van der Waals surface area contributed by atoms with Gasteiger partial charge >= 0.3 is 5.97 Å². The van der Waals surface area contributed by atoms with Crippen molar-refractivity contribution in [1.82, 2.24) is 9.97 Å². The average Bonchev–Trinajstić information content (AvgIpc) is 2.79. The molecule has 2 aromatic rings. The lowest BCUT2D eigenvalue weighted by molar-refractivity contribution is -0.134. The molecule has 0 saturated carbocycles. The van der Waals surface area contributed by atoms with Gasteiger partial charge in [0, 0.05) is 23.9 Å². The van der Waals surface area contributed by atoms with Gasteiger partial charge in [0.25, 0.3) is 0 Å². The van der Waals surface area contributed by atoms with E-state index >= 15 is 0 Å². The Kier molecular flexibility index (Phi) is 9.51. The Morgan fingerprint density at radius 1 is 1.00 bits per heavy atom. The molecule has 1 aliphatic carbocycles. The van der Waals surface area contributed by atoms with Crippen LogP contribution in [0.3, 0.4) is 0 Å². The minimum atomic E-state index is -0.161. The van der Waals surface area contributed by atoms with Gasteiger partial charge in [-0.2, -0.15) is 0 Å². The smallest absolute Gasteiger partial charge is 0.311 e. The summed E-state index contributed by atoms with van der Waals surface area (Å²) in [7, 11) is 0. The summed E-state index contributed by atoms with van der Waals surface area (Å²) in [6, 6.07) is 7.56. The van der Waals surface area contributed by atoms with E-state index in [-0.39, 0.29) is 5.97 Å². The molecule has 0 amide bonds. The third-order valence-electron chi connectivity index (χ3n) is 6.30. The van der Waals surface area contributed by atoms with Gasteiger partial charge in [-0.3, -0.25) is 4.79 Å². The average molecular weight is 423 g/mol. The molecule has 4 nitrogen and oxygen atoms in total. The van der Waals surface area contributed by atoms with Crippen molar-refractivity contribution in [3.05, 3.63) is 41.7 Å². The fourth-order valence-corrected chi connectivity index (χ4v) is 4.38. The Hall–Kier alpha value is -2.23. The van der Waals surface area contributed by atoms with Crippen LogP contribution in [0.2, 0.25) is 0 Å². The predicted molar refractivity (Wildman–Crippen MR) is 126 cm³/mol. The van der Waals surface area contributed by atoms with E-state index in [9.17, 15) is 4.79 Å². The zero-order chi connectivity index (χ0) is 21.9. The second-order valence-electron chi connectivity index (χ2n) is 8.93. The van der Waals surface area contributed by atoms with E-state index in [0.29, 0.717) is 12.2 Å². The molecule has 1 aliphatic rings. The molecule has 0 spiro atoms. The van der Waals surface area contributed by atoms with E-state index in [4.69, 9.17) is 9.72 Å². The molecular formula is C27H38N2O2. The third kappa shape index (κ3) is 7.45. The van der Waals surface area contributed by atoms with E-state index < -0.39 is 0 Å². The predicted octanol–water partition coefficient (Wildman–Crippen LogP) is 7.09. The Balaban J connectivity index is 1.52. The third-order valence-corrected chi connectivity index (χ3v) is 6.30. The molecular weight excluding hydrogens is 384 g/mol. The number of hydrogen-bond donors (Lipinski definition) is 0. The van der Waals surface area contributed by atoms with Crippen LogP contribution in [0.15, 0.2) is 30.5 Å². The number of fused-ring (bicyclic) bond motifs is 1. The molecule has 3 rings (SSSR count). The summed E-state index contributed by atoms with van der Waals surface area (Å²) in [4.78, 5) is 21.4. The highest BCUT2D eigenvalue weighted by Crippen LogP contribution is 2.29. The lowest BCUT2D eigenvalue weighted by Gasteiger charge is -2.24. The van der Waals surface area contributed by atoms with Crippen LogP contribution in [0.5, 0.6) is 5.75 Å². The van der Waals surface area contributed by atoms with Crippen LogP contribution in [-0.2, 0) is 17.6 Å². The molecule has 0 fully saturated rings. The Labute approximate surface area is 187 Å². The highest BCUT2D eigenvalue weighted by atomic mass is 16.5. The summed E-state index contributed by atoms with van der Waals surface area (Å²) in [5, 5.41) is 0. The maximum atomic E-state index is 11.9. The fraction of sp³-hybridized carbons (Fsp3) is 0.593. The lowest BCUT2D eigenvalue weighted by atomic mass is 9.84. The largest absolute Gasteiger partial charge is 0.427 e. The Morgan fingerprint density at radius 2 is 1.74 bits per heavy atom. The van der Waals surface area contributed by atoms with E-state index in [1.807, 2.05) is 30.5 Å². The molecule has 0 bridgehead atoms. The monoisotopic (exact) mass is 422 g/mol. The topological polar surface area (TPSA) is 52.1 Å². The number of carbonyl (C=O) groups excluding carboxylic acids is 1. The van der Waals surface area contributed by atoms with Crippen LogP contribution in [0.4, 0.5) is 0 Å². The SMILES string of the molecule is CCCCCCCC1CCc2nc(-c3ccc(OC(=O)CCCCC)cc3)ncc2C1. The summed E-state index contributed by atoms with van der Waals surface area (Å²) < 4.78 is 5.43. The summed E-state index contributed by atoms with van der Waals surface area (Å²) in [6.45, 7) is 4.39. The molecule has 168 valence electrons. The number of benzene rings is 1. The van der Waals surface area contributed by atoms with Gasteiger partial charge in [0.1, 0.15) is 5.75 Å². The fourth-order valence-electron chi connectivity index (χ4n) is 4.38. The normalized spacial score (nSPS) is 15.5. The molecule has 1 unspecified atom stereocenters. The maximum absolute atomic E-state index is 11.9. The molecule has 0 saturated heterocycles. The van der Waals surface area contributed by atoms with Gasteiger partial charge in [0.2, 0.25) is 0 Å². The van der Waals surface area contributed by atoms with Crippen molar-refractivity contribution in [2.45, 2.75) is 97.3 Å². The first-order valence-electron chi connectivity index (χ1n) is 12.4. The van der Waals surface area contributed by atoms with Crippen molar-refractivity contribution in [3.63, 3.8) is 0 Å².